The molecule has 0 unspecified atom stereocenters. The molecule has 0 radical (unpaired) electrons. The van der Waals surface area contributed by atoms with Gasteiger partial charge < -0.3 is 10.1 Å². The van der Waals surface area contributed by atoms with E-state index in [1.807, 2.05) is 0 Å². The van der Waals surface area contributed by atoms with E-state index in [-0.39, 0.29) is 28.8 Å². The highest BCUT2D eigenvalue weighted by molar-refractivity contribution is 7.99. The van der Waals surface area contributed by atoms with Crippen molar-refractivity contribution in [3.8, 4) is 0 Å². The second kappa shape index (κ2) is 7.40. The molecule has 1 fully saturated rings. The van der Waals surface area contributed by atoms with Gasteiger partial charge in [-0.15, -0.1) is 0 Å². The van der Waals surface area contributed by atoms with Gasteiger partial charge in [-0.25, -0.2) is 9.59 Å². The predicted octanol–water partition coefficient (Wildman–Crippen LogP) is 2.10. The number of alkyl halides is 2. The Balaban J connectivity index is 2.06. The number of imide groups is 1. The van der Waals surface area contributed by atoms with Crippen molar-refractivity contribution in [2.75, 3.05) is 13.1 Å². The minimum Gasteiger partial charge on any atom is -0.449 e. The number of thioether (sulfide) groups is 1. The molecule has 0 aliphatic carbocycles. The van der Waals surface area contributed by atoms with Crippen LogP contribution in [0.4, 0.5) is 13.6 Å². The van der Waals surface area contributed by atoms with E-state index in [0.717, 1.165) is 4.90 Å². The van der Waals surface area contributed by atoms with E-state index in [1.165, 1.54) is 31.2 Å². The molecule has 2 rings (SSSR count). The van der Waals surface area contributed by atoms with Crippen molar-refractivity contribution in [2.24, 2.45) is 0 Å². The summed E-state index contributed by atoms with van der Waals surface area (Å²) < 4.78 is 30.0. The maximum absolute atomic E-state index is 12.5. The van der Waals surface area contributed by atoms with E-state index in [4.69, 9.17) is 4.74 Å². The molecule has 0 spiro atoms. The van der Waals surface area contributed by atoms with Gasteiger partial charge in [0.1, 0.15) is 0 Å². The topological polar surface area (TPSA) is 75.7 Å². The highest BCUT2D eigenvalue weighted by Crippen LogP contribution is 2.29. The number of ether oxygens (including phenoxy) is 1. The van der Waals surface area contributed by atoms with Gasteiger partial charge >= 0.3 is 12.0 Å². The summed E-state index contributed by atoms with van der Waals surface area (Å²) in [6.45, 7) is 1.85. The molecule has 0 saturated carbocycles. The highest BCUT2D eigenvalue weighted by atomic mass is 32.2. The summed E-state index contributed by atoms with van der Waals surface area (Å²) in [6.07, 6.45) is -1.20. The first-order valence-corrected chi connectivity index (χ1v) is 7.62. The fourth-order valence-corrected chi connectivity index (χ4v) is 2.64. The van der Waals surface area contributed by atoms with E-state index in [2.05, 4.69) is 5.32 Å². The van der Waals surface area contributed by atoms with Gasteiger partial charge in [0.15, 0.2) is 6.10 Å². The summed E-state index contributed by atoms with van der Waals surface area (Å²) in [5, 5.41) is 2.46. The summed E-state index contributed by atoms with van der Waals surface area (Å²) in [5.41, 5.74) is -0.0525. The van der Waals surface area contributed by atoms with Crippen LogP contribution in [0.2, 0.25) is 0 Å². The zero-order valence-corrected chi connectivity index (χ0v) is 12.9. The molecule has 1 aromatic carbocycles. The molecule has 1 N–H and O–H groups in total. The van der Waals surface area contributed by atoms with E-state index in [0.29, 0.717) is 6.54 Å². The SMILES string of the molecule is C[C@@H](OC(=O)c1ccccc1SC(F)F)C(=O)N1CCNC1=O. The molecule has 0 aromatic heterocycles. The highest BCUT2D eigenvalue weighted by Gasteiger charge is 2.32. The summed E-state index contributed by atoms with van der Waals surface area (Å²) in [4.78, 5) is 36.6. The van der Waals surface area contributed by atoms with E-state index >= 15 is 0 Å². The van der Waals surface area contributed by atoms with Crippen LogP contribution in [0.1, 0.15) is 17.3 Å². The molecule has 1 saturated heterocycles. The average molecular weight is 344 g/mol. The van der Waals surface area contributed by atoms with Gasteiger partial charge in [-0.2, -0.15) is 8.78 Å². The van der Waals surface area contributed by atoms with Gasteiger partial charge in [-0.1, -0.05) is 23.9 Å². The van der Waals surface area contributed by atoms with Crippen molar-refractivity contribution in [3.05, 3.63) is 29.8 Å². The second-order valence-corrected chi connectivity index (χ2v) is 5.68. The molecule has 23 heavy (non-hydrogen) atoms. The van der Waals surface area contributed by atoms with Crippen molar-refractivity contribution in [1.82, 2.24) is 10.2 Å². The van der Waals surface area contributed by atoms with Crippen LogP contribution in [0.5, 0.6) is 0 Å². The lowest BCUT2D eigenvalue weighted by Gasteiger charge is -2.18. The minimum atomic E-state index is -2.68. The largest absolute Gasteiger partial charge is 0.449 e. The Kier molecular flexibility index (Phi) is 5.54. The van der Waals surface area contributed by atoms with E-state index < -0.39 is 29.8 Å². The standard InChI is InChI=1S/C14H14F2N2O4S/c1-8(11(19)18-7-6-17-14(18)21)22-12(20)9-4-2-3-5-10(9)23-13(15)16/h2-5,8,13H,6-7H2,1H3,(H,17,21)/t8-/m1/s1. The maximum atomic E-state index is 12.5. The number of amides is 3. The molecule has 1 aromatic rings. The van der Waals surface area contributed by atoms with Crippen LogP contribution in [-0.4, -0.2) is 47.8 Å². The molecule has 3 amide bonds. The Morgan fingerprint density at radius 1 is 1.35 bits per heavy atom. The van der Waals surface area contributed by atoms with Gasteiger partial charge in [-0.3, -0.25) is 9.69 Å². The van der Waals surface area contributed by atoms with Gasteiger partial charge in [0.25, 0.3) is 11.7 Å². The van der Waals surface area contributed by atoms with E-state index in [1.54, 1.807) is 0 Å². The van der Waals surface area contributed by atoms with Crippen LogP contribution in [0.3, 0.4) is 0 Å². The number of rotatable bonds is 5. The lowest BCUT2D eigenvalue weighted by molar-refractivity contribution is -0.136. The normalized spacial score (nSPS) is 15.5. The third kappa shape index (κ3) is 4.19. The number of hydrogen-bond donors (Lipinski definition) is 1. The quantitative estimate of drug-likeness (QED) is 0.654. The van der Waals surface area contributed by atoms with E-state index in [9.17, 15) is 23.2 Å². The number of nitrogens with zero attached hydrogens (tertiary/aromatic N) is 1. The Labute approximate surface area is 135 Å². The van der Waals surface area contributed by atoms with Crippen molar-refractivity contribution < 1.29 is 27.9 Å². The number of hydrogen-bond acceptors (Lipinski definition) is 5. The molecular weight excluding hydrogens is 330 g/mol. The van der Waals surface area contributed by atoms with Gasteiger partial charge in [-0.05, 0) is 19.1 Å². The van der Waals surface area contributed by atoms with Crippen molar-refractivity contribution >= 4 is 29.7 Å². The molecule has 9 heteroatoms. The first-order valence-electron chi connectivity index (χ1n) is 6.74. The van der Waals surface area contributed by atoms with Crippen LogP contribution < -0.4 is 5.32 Å². The number of esters is 1. The Bertz CT molecular complexity index is 627. The molecular formula is C14H14F2N2O4S. The first-order chi connectivity index (χ1) is 10.9. The smallest absolute Gasteiger partial charge is 0.340 e. The summed E-state index contributed by atoms with van der Waals surface area (Å²) in [7, 11) is 0. The molecule has 1 aliphatic rings. The van der Waals surface area contributed by atoms with Gasteiger partial charge in [0, 0.05) is 18.0 Å². The molecule has 6 nitrogen and oxygen atoms in total. The lowest BCUT2D eigenvalue weighted by Crippen LogP contribution is -2.41. The molecule has 1 heterocycles. The van der Waals surface area contributed by atoms with Gasteiger partial charge in [0.2, 0.25) is 0 Å². The summed E-state index contributed by atoms with van der Waals surface area (Å²) in [6, 6.07) is 5.18. The molecule has 1 aliphatic heterocycles. The third-order valence-electron chi connectivity index (χ3n) is 3.08. The van der Waals surface area contributed by atoms with Crippen molar-refractivity contribution in [2.45, 2.75) is 23.7 Å². The number of urea groups is 1. The Hall–Kier alpha value is -2.16. The first kappa shape index (κ1) is 17.2. The summed E-state index contributed by atoms with van der Waals surface area (Å²) in [5.74, 6) is -4.24. The number of carbonyl (C=O) groups excluding carboxylic acids is 3. The number of nitrogens with one attached hydrogen (secondary N) is 1. The Morgan fingerprint density at radius 3 is 2.65 bits per heavy atom. The molecule has 1 atom stereocenters. The fraction of sp³-hybridized carbons (Fsp3) is 0.357. The third-order valence-corrected chi connectivity index (χ3v) is 3.87. The van der Waals surface area contributed by atoms with Crippen LogP contribution >= 0.6 is 11.8 Å². The summed E-state index contributed by atoms with van der Waals surface area (Å²) >= 11 is 0.221. The minimum absolute atomic E-state index is 0.0525. The number of carbonyl (C=O) groups is 3. The lowest BCUT2D eigenvalue weighted by atomic mass is 10.2. The van der Waals surface area contributed by atoms with Crippen molar-refractivity contribution in [3.63, 3.8) is 0 Å². The van der Waals surface area contributed by atoms with Crippen LogP contribution in [0.15, 0.2) is 29.2 Å². The van der Waals surface area contributed by atoms with Crippen LogP contribution in [-0.2, 0) is 9.53 Å². The van der Waals surface area contributed by atoms with Gasteiger partial charge in [0.05, 0.1) is 5.56 Å². The zero-order chi connectivity index (χ0) is 17.0. The second-order valence-electron chi connectivity index (χ2n) is 4.64. The molecule has 0 bridgehead atoms. The fourth-order valence-electron chi connectivity index (χ4n) is 2.01. The zero-order valence-electron chi connectivity index (χ0n) is 12.1. The predicted molar refractivity (Wildman–Crippen MR) is 78.3 cm³/mol. The van der Waals surface area contributed by atoms with Crippen LogP contribution in [0.25, 0.3) is 0 Å². The number of benzene rings is 1. The molecule has 124 valence electrons. The Morgan fingerprint density at radius 2 is 2.04 bits per heavy atom. The maximum Gasteiger partial charge on any atom is 0.340 e. The number of halogens is 2. The average Bonchev–Trinajstić information content (AvgIpc) is 2.92. The van der Waals surface area contributed by atoms with Crippen LogP contribution in [0, 0.1) is 0 Å². The van der Waals surface area contributed by atoms with Crippen molar-refractivity contribution in [1.29, 1.82) is 0 Å². The monoisotopic (exact) mass is 344 g/mol.